The number of rotatable bonds is 8. The first-order valence-electron chi connectivity index (χ1n) is 10.7. The molecule has 0 bridgehead atoms. The molecule has 2 N–H and O–H groups in total. The summed E-state index contributed by atoms with van der Waals surface area (Å²) in [5, 5.41) is 6.27. The largest absolute Gasteiger partial charge is 0.322 e. The Morgan fingerprint density at radius 2 is 1.19 bits per heavy atom. The molecule has 0 aliphatic heterocycles. The third-order valence-corrected chi connectivity index (χ3v) is 11.7. The summed E-state index contributed by atoms with van der Waals surface area (Å²) in [7, 11) is -1.82. The molecule has 2 aromatic carbocycles. The molecule has 0 aliphatic carbocycles. The summed E-state index contributed by atoms with van der Waals surface area (Å²) in [6.07, 6.45) is 2.16. The Kier molecular flexibility index (Phi) is 11.0. The molecule has 165 valence electrons. The van der Waals surface area contributed by atoms with Crippen LogP contribution < -0.4 is 10.6 Å². The zero-order chi connectivity index (χ0) is 22.5. The summed E-state index contributed by atoms with van der Waals surface area (Å²) in [5.74, 6) is 0.0282. The van der Waals surface area contributed by atoms with E-state index < -0.39 is 7.26 Å². The van der Waals surface area contributed by atoms with Crippen molar-refractivity contribution in [1.82, 2.24) is 0 Å². The molecular formula is C25H36N2O2PY+. The van der Waals surface area contributed by atoms with Crippen molar-refractivity contribution in [2.75, 3.05) is 29.1 Å². The molecule has 4 nitrogen and oxygen atoms in total. The zero-order valence-corrected chi connectivity index (χ0v) is 23.7. The molecule has 0 fully saturated rings. The van der Waals surface area contributed by atoms with Crippen LogP contribution >= 0.6 is 7.26 Å². The van der Waals surface area contributed by atoms with Gasteiger partial charge in [0.15, 0.2) is 0 Å². The van der Waals surface area contributed by atoms with Gasteiger partial charge in [-0.15, -0.1) is 0 Å². The van der Waals surface area contributed by atoms with Gasteiger partial charge in [0.25, 0.3) is 11.8 Å². The van der Waals surface area contributed by atoms with Gasteiger partial charge in [0.05, 0.1) is 12.3 Å². The zero-order valence-electron chi connectivity index (χ0n) is 20.0. The maximum absolute atomic E-state index is 13.2. The van der Waals surface area contributed by atoms with Crippen LogP contribution in [0.1, 0.15) is 43.0 Å². The molecule has 0 spiro atoms. The third-order valence-electron chi connectivity index (χ3n) is 6.39. The van der Waals surface area contributed by atoms with E-state index in [-0.39, 0.29) is 50.2 Å². The van der Waals surface area contributed by atoms with Crippen LogP contribution in [0.5, 0.6) is 0 Å². The number of nitrogens with one attached hydrogen (secondary N) is 2. The molecule has 2 rings (SSSR count). The Morgan fingerprint density at radius 3 is 1.58 bits per heavy atom. The van der Waals surface area contributed by atoms with Crippen molar-refractivity contribution in [2.24, 2.45) is 0 Å². The van der Waals surface area contributed by atoms with Crippen LogP contribution in [0.3, 0.4) is 0 Å². The minimum absolute atomic E-state index is 0. The Morgan fingerprint density at radius 1 is 0.806 bits per heavy atom. The minimum Gasteiger partial charge on any atom is -0.322 e. The van der Waals surface area contributed by atoms with Crippen molar-refractivity contribution >= 4 is 30.5 Å². The first-order valence-corrected chi connectivity index (χ1v) is 13.2. The van der Waals surface area contributed by atoms with Crippen LogP contribution in [0.4, 0.5) is 11.4 Å². The topological polar surface area (TPSA) is 58.2 Å². The molecule has 1 atom stereocenters. The fraction of sp³-hybridized carbons (Fsp3) is 0.440. The minimum atomic E-state index is -1.82. The summed E-state index contributed by atoms with van der Waals surface area (Å²) >= 11 is 0. The average molecular weight is 516 g/mol. The van der Waals surface area contributed by atoms with E-state index in [1.54, 1.807) is 0 Å². The van der Waals surface area contributed by atoms with E-state index in [2.05, 4.69) is 24.5 Å². The fourth-order valence-electron chi connectivity index (χ4n) is 4.10. The molecular weight excluding hydrogens is 480 g/mol. The van der Waals surface area contributed by atoms with Gasteiger partial charge in [-0.3, -0.25) is 9.59 Å². The molecule has 0 aromatic heterocycles. The maximum atomic E-state index is 13.2. The Hall–Kier alpha value is -1.09. The smallest absolute Gasteiger partial charge is 0.264 e. The van der Waals surface area contributed by atoms with Crippen LogP contribution in [-0.4, -0.2) is 36.0 Å². The van der Waals surface area contributed by atoms with Gasteiger partial charge >= 0.3 is 0 Å². The van der Waals surface area contributed by atoms with E-state index in [4.69, 9.17) is 0 Å². The molecule has 2 aromatic rings. The Bertz CT molecular complexity index is 885. The number of aryl methyl sites for hydroxylation is 4. The molecule has 1 unspecified atom stereocenters. The van der Waals surface area contributed by atoms with Crippen LogP contribution in [0.15, 0.2) is 36.4 Å². The van der Waals surface area contributed by atoms with E-state index in [0.29, 0.717) is 6.16 Å². The number of hydrogen-bond donors (Lipinski definition) is 2. The van der Waals surface area contributed by atoms with E-state index in [0.717, 1.165) is 46.0 Å². The Balaban J connectivity index is 0.00000480. The van der Waals surface area contributed by atoms with E-state index in [9.17, 15) is 9.59 Å². The second kappa shape index (κ2) is 12.2. The normalized spacial score (nSPS) is 12.0. The predicted octanol–water partition coefficient (Wildman–Crippen LogP) is 5.94. The van der Waals surface area contributed by atoms with Crippen LogP contribution in [0, 0.1) is 27.7 Å². The third kappa shape index (κ3) is 6.70. The fourth-order valence-corrected chi connectivity index (χ4v) is 7.57. The second-order valence-electron chi connectivity index (χ2n) is 8.26. The molecule has 0 heterocycles. The molecule has 0 saturated carbocycles. The average Bonchev–Trinajstić information content (AvgIpc) is 2.71. The number of benzene rings is 2. The van der Waals surface area contributed by atoms with Gasteiger partial charge in [0, 0.05) is 51.3 Å². The number of anilines is 2. The number of para-hydroxylation sites is 2. The summed E-state index contributed by atoms with van der Waals surface area (Å²) in [4.78, 5) is 26.2. The van der Waals surface area contributed by atoms with Crippen molar-refractivity contribution in [1.29, 1.82) is 0 Å². The van der Waals surface area contributed by atoms with Crippen molar-refractivity contribution in [3.05, 3.63) is 58.7 Å². The molecule has 1 radical (unpaired) electrons. The van der Waals surface area contributed by atoms with E-state index in [1.807, 2.05) is 71.0 Å². The molecule has 31 heavy (non-hydrogen) atoms. The summed E-state index contributed by atoms with van der Waals surface area (Å²) in [5.41, 5.74) is 5.82. The first-order chi connectivity index (χ1) is 14.1. The van der Waals surface area contributed by atoms with E-state index >= 15 is 0 Å². The SMILES string of the molecule is CC[P+](CC)(CC(=O)Nc1c(C)cccc1C)C(C)C(=O)Nc1c(C)cccc1C.[Y]. The maximum Gasteiger partial charge on any atom is 0.264 e. The van der Waals surface area contributed by atoms with Crippen molar-refractivity contribution in [2.45, 2.75) is 54.1 Å². The molecule has 6 heteroatoms. The molecule has 0 aliphatic rings. The predicted molar refractivity (Wildman–Crippen MR) is 131 cm³/mol. The van der Waals surface area contributed by atoms with Gasteiger partial charge in [0.1, 0.15) is 11.8 Å². The number of carbonyl (C=O) groups excluding carboxylic acids is 2. The van der Waals surface area contributed by atoms with Crippen LogP contribution in [0.25, 0.3) is 0 Å². The van der Waals surface area contributed by atoms with Crippen LogP contribution in [0.2, 0.25) is 0 Å². The van der Waals surface area contributed by atoms with Gasteiger partial charge in [0.2, 0.25) is 0 Å². The van der Waals surface area contributed by atoms with Crippen molar-refractivity contribution in [3.63, 3.8) is 0 Å². The quantitative estimate of drug-likeness (QED) is 0.427. The monoisotopic (exact) mass is 516 g/mol. The van der Waals surface area contributed by atoms with Gasteiger partial charge in [-0.1, -0.05) is 36.4 Å². The number of carbonyl (C=O) groups is 2. The second-order valence-corrected chi connectivity index (χ2v) is 13.0. The summed E-state index contributed by atoms with van der Waals surface area (Å²) in [6.45, 7) is 14.3. The molecule has 2 amide bonds. The molecule has 0 saturated heterocycles. The number of hydrogen-bond acceptors (Lipinski definition) is 2. The van der Waals surface area contributed by atoms with Crippen molar-refractivity contribution in [3.8, 4) is 0 Å². The first kappa shape index (κ1) is 27.9. The van der Waals surface area contributed by atoms with Gasteiger partial charge < -0.3 is 10.6 Å². The summed E-state index contributed by atoms with van der Waals surface area (Å²) in [6, 6.07) is 12.0. The summed E-state index contributed by atoms with van der Waals surface area (Å²) < 4.78 is 0. The van der Waals surface area contributed by atoms with E-state index in [1.165, 1.54) is 0 Å². The van der Waals surface area contributed by atoms with Gasteiger partial charge in [-0.05, 0) is 70.7 Å². The Labute approximate surface area is 213 Å². The van der Waals surface area contributed by atoms with Gasteiger partial charge in [-0.2, -0.15) is 0 Å². The number of amides is 2. The standard InChI is InChI=1S/C25H35N2O2P.Y/c1-8-30(9-2,16-22(28)26-23-17(3)12-10-13-18(23)4)21(7)25(29)27-24-19(5)14-11-15-20(24)6;/h10-15,21H,8-9,16H2,1-7H3,(H-,26,27,28,29);/p+1. The van der Waals surface area contributed by atoms with Crippen molar-refractivity contribution < 1.29 is 42.3 Å². The van der Waals surface area contributed by atoms with Gasteiger partial charge in [-0.25, -0.2) is 0 Å². The van der Waals surface area contributed by atoms with Crippen LogP contribution in [-0.2, 0) is 42.3 Å².